The number of nitrogens with zero attached hydrogens (tertiary/aromatic N) is 5. The summed E-state index contributed by atoms with van der Waals surface area (Å²) >= 11 is 0. The normalized spacial score (nSPS) is 15.3. The molecule has 2 N–H and O–H groups in total. The van der Waals surface area contributed by atoms with Crippen LogP contribution in [0.1, 0.15) is 37.1 Å². The molecule has 1 aromatic carbocycles. The number of likely N-dealkylation sites (tertiary alicyclic amines) is 1. The summed E-state index contributed by atoms with van der Waals surface area (Å²) in [6, 6.07) is 8.39. The molecule has 27 heavy (non-hydrogen) atoms. The van der Waals surface area contributed by atoms with Gasteiger partial charge in [-0.2, -0.15) is 4.98 Å². The number of aryl methyl sites for hydroxylation is 1. The predicted octanol–water partition coefficient (Wildman–Crippen LogP) is 2.49. The van der Waals surface area contributed by atoms with Crippen LogP contribution in [0.5, 0.6) is 5.75 Å². The largest absolute Gasteiger partial charge is 0.494 e. The molecule has 0 radical (unpaired) electrons. The van der Waals surface area contributed by atoms with Crippen molar-refractivity contribution in [3.05, 3.63) is 35.7 Å². The van der Waals surface area contributed by atoms with Gasteiger partial charge < -0.3 is 15.3 Å². The zero-order valence-corrected chi connectivity index (χ0v) is 15.8. The Labute approximate surface area is 159 Å². The van der Waals surface area contributed by atoms with Crippen LogP contribution < -0.4 is 10.1 Å². The molecule has 8 nitrogen and oxygen atoms in total. The highest BCUT2D eigenvalue weighted by Crippen LogP contribution is 2.17. The molecule has 1 aliphatic heterocycles. The number of benzene rings is 1. The first-order valence-corrected chi connectivity index (χ1v) is 9.51. The lowest BCUT2D eigenvalue weighted by Crippen LogP contribution is -2.29. The van der Waals surface area contributed by atoms with E-state index in [4.69, 9.17) is 9.94 Å². The van der Waals surface area contributed by atoms with Crippen LogP contribution in [0, 0.1) is 0 Å². The molecule has 0 spiro atoms. The van der Waals surface area contributed by atoms with Gasteiger partial charge in [0.1, 0.15) is 12.0 Å². The maximum absolute atomic E-state index is 8.53. The van der Waals surface area contributed by atoms with Crippen molar-refractivity contribution in [1.82, 2.24) is 19.7 Å². The number of ether oxygens (including phenoxy) is 1. The number of hydrogen-bond acceptors (Lipinski definition) is 7. The lowest BCUT2D eigenvalue weighted by molar-refractivity contribution is 0.220. The number of hydrogen-bond donors (Lipinski definition) is 2. The van der Waals surface area contributed by atoms with E-state index in [1.807, 2.05) is 6.07 Å². The van der Waals surface area contributed by atoms with Gasteiger partial charge in [0, 0.05) is 20.1 Å². The fourth-order valence-electron chi connectivity index (χ4n) is 3.24. The van der Waals surface area contributed by atoms with E-state index in [1.54, 1.807) is 11.7 Å². The van der Waals surface area contributed by atoms with Crippen molar-refractivity contribution in [2.75, 3.05) is 31.6 Å². The first-order chi connectivity index (χ1) is 13.2. The Bertz CT molecular complexity index is 740. The minimum absolute atomic E-state index is 0.365. The molecule has 0 unspecified atom stereocenters. The number of piperidine rings is 1. The molecule has 146 valence electrons. The summed E-state index contributed by atoms with van der Waals surface area (Å²) in [5.74, 6) is 1.92. The molecule has 2 aromatic rings. The molecule has 0 bridgehead atoms. The molecule has 0 saturated carbocycles. The Morgan fingerprint density at radius 1 is 1.30 bits per heavy atom. The Morgan fingerprint density at radius 3 is 2.96 bits per heavy atom. The van der Waals surface area contributed by atoms with Crippen LogP contribution in [0.4, 0.5) is 5.95 Å². The molecule has 0 atom stereocenters. The average Bonchev–Trinajstić information content (AvgIpc) is 3.02. The third-order valence-electron chi connectivity index (χ3n) is 4.58. The van der Waals surface area contributed by atoms with Crippen molar-refractivity contribution >= 4 is 12.2 Å². The van der Waals surface area contributed by atoms with Crippen molar-refractivity contribution in [3.63, 3.8) is 0 Å². The summed E-state index contributed by atoms with van der Waals surface area (Å²) in [4.78, 5) is 6.73. The van der Waals surface area contributed by atoms with Crippen LogP contribution in [0.15, 0.2) is 29.4 Å². The fourth-order valence-corrected chi connectivity index (χ4v) is 3.24. The minimum Gasteiger partial charge on any atom is -0.494 e. The summed E-state index contributed by atoms with van der Waals surface area (Å²) in [7, 11) is 1.79. The first-order valence-electron chi connectivity index (χ1n) is 9.51. The Hall–Kier alpha value is -2.61. The molecule has 3 rings (SSSR count). The SMILES string of the molecule is Cn1nc(/C=N/O)nc1NCCCOc1cccc(CN2CCCCC2)c1. The second-order valence-corrected chi connectivity index (χ2v) is 6.77. The highest BCUT2D eigenvalue weighted by atomic mass is 16.5. The second kappa shape index (κ2) is 9.91. The molecule has 0 amide bonds. The summed E-state index contributed by atoms with van der Waals surface area (Å²) in [6.07, 6.45) is 6.02. The van der Waals surface area contributed by atoms with E-state index >= 15 is 0 Å². The Balaban J connectivity index is 1.39. The van der Waals surface area contributed by atoms with Gasteiger partial charge in [-0.05, 0) is 50.0 Å². The van der Waals surface area contributed by atoms with E-state index in [9.17, 15) is 0 Å². The predicted molar refractivity (Wildman–Crippen MR) is 105 cm³/mol. The fraction of sp³-hybridized carbons (Fsp3) is 0.526. The molecule has 1 fully saturated rings. The lowest BCUT2D eigenvalue weighted by Gasteiger charge is -2.26. The van der Waals surface area contributed by atoms with E-state index < -0.39 is 0 Å². The van der Waals surface area contributed by atoms with E-state index in [-0.39, 0.29) is 0 Å². The number of anilines is 1. The summed E-state index contributed by atoms with van der Waals surface area (Å²) in [5.41, 5.74) is 1.31. The van der Waals surface area contributed by atoms with Crippen LogP contribution in [-0.4, -0.2) is 57.3 Å². The summed E-state index contributed by atoms with van der Waals surface area (Å²) in [5, 5.41) is 18.8. The number of oxime groups is 1. The molecule has 1 aromatic heterocycles. The van der Waals surface area contributed by atoms with Crippen LogP contribution in [0.25, 0.3) is 0 Å². The highest BCUT2D eigenvalue weighted by molar-refractivity contribution is 5.74. The van der Waals surface area contributed by atoms with Crippen molar-refractivity contribution < 1.29 is 9.94 Å². The summed E-state index contributed by atoms with van der Waals surface area (Å²) < 4.78 is 7.51. The van der Waals surface area contributed by atoms with E-state index in [0.717, 1.165) is 25.3 Å². The maximum Gasteiger partial charge on any atom is 0.221 e. The van der Waals surface area contributed by atoms with Crippen molar-refractivity contribution in [1.29, 1.82) is 0 Å². The van der Waals surface area contributed by atoms with Gasteiger partial charge in [-0.25, -0.2) is 4.68 Å². The van der Waals surface area contributed by atoms with Gasteiger partial charge in [-0.15, -0.1) is 5.10 Å². The average molecular weight is 372 g/mol. The number of rotatable bonds is 9. The quantitative estimate of drug-likeness (QED) is 0.304. The third kappa shape index (κ3) is 5.96. The van der Waals surface area contributed by atoms with Gasteiger partial charge in [0.2, 0.25) is 5.95 Å². The van der Waals surface area contributed by atoms with Gasteiger partial charge in [0.25, 0.3) is 0 Å². The Morgan fingerprint density at radius 2 is 2.15 bits per heavy atom. The molecule has 8 heteroatoms. The zero-order chi connectivity index (χ0) is 18.9. The highest BCUT2D eigenvalue weighted by Gasteiger charge is 2.10. The molecule has 1 aliphatic rings. The van der Waals surface area contributed by atoms with Gasteiger partial charge >= 0.3 is 0 Å². The minimum atomic E-state index is 0.365. The van der Waals surface area contributed by atoms with Crippen LogP contribution >= 0.6 is 0 Å². The third-order valence-corrected chi connectivity index (χ3v) is 4.58. The molecule has 2 heterocycles. The maximum atomic E-state index is 8.53. The number of nitrogens with one attached hydrogen (secondary N) is 1. The van der Waals surface area contributed by atoms with Crippen LogP contribution in [0.2, 0.25) is 0 Å². The van der Waals surface area contributed by atoms with Crippen molar-refractivity contribution in [3.8, 4) is 5.75 Å². The molecular weight excluding hydrogens is 344 g/mol. The van der Waals surface area contributed by atoms with Gasteiger partial charge in [0.15, 0.2) is 5.82 Å². The standard InChI is InChI=1S/C19H28N6O2/c1-24-19(22-18(23-24)14-21-26)20-9-6-12-27-17-8-5-7-16(13-17)15-25-10-3-2-4-11-25/h5,7-8,13-14,26H,2-4,6,9-12,15H2,1H3,(H,20,22,23)/b21-14+. The van der Waals surface area contributed by atoms with Crippen LogP contribution in [-0.2, 0) is 13.6 Å². The number of aromatic nitrogens is 3. The van der Waals surface area contributed by atoms with Crippen molar-refractivity contribution in [2.45, 2.75) is 32.2 Å². The van der Waals surface area contributed by atoms with E-state index in [0.29, 0.717) is 18.4 Å². The topological polar surface area (TPSA) is 87.8 Å². The molecule has 1 saturated heterocycles. The van der Waals surface area contributed by atoms with E-state index in [1.165, 1.54) is 44.1 Å². The lowest BCUT2D eigenvalue weighted by atomic mass is 10.1. The second-order valence-electron chi connectivity index (χ2n) is 6.77. The smallest absolute Gasteiger partial charge is 0.221 e. The first kappa shape index (κ1) is 19.2. The van der Waals surface area contributed by atoms with E-state index in [2.05, 4.69) is 43.7 Å². The molecular formula is C19H28N6O2. The van der Waals surface area contributed by atoms with Gasteiger partial charge in [-0.1, -0.05) is 23.7 Å². The van der Waals surface area contributed by atoms with Gasteiger partial charge in [0.05, 0.1) is 6.61 Å². The van der Waals surface area contributed by atoms with Crippen LogP contribution in [0.3, 0.4) is 0 Å². The monoisotopic (exact) mass is 372 g/mol. The summed E-state index contributed by atoms with van der Waals surface area (Å²) in [6.45, 7) is 4.75. The van der Waals surface area contributed by atoms with Gasteiger partial charge in [-0.3, -0.25) is 4.90 Å². The van der Waals surface area contributed by atoms with Crippen molar-refractivity contribution in [2.24, 2.45) is 12.2 Å². The zero-order valence-electron chi connectivity index (χ0n) is 15.8. The Kier molecular flexibility index (Phi) is 7.04. The molecule has 0 aliphatic carbocycles.